The maximum absolute atomic E-state index is 11.2. The first-order chi connectivity index (χ1) is 14.1. The van der Waals surface area contributed by atoms with E-state index in [1.807, 2.05) is 60.7 Å². The van der Waals surface area contributed by atoms with Crippen LogP contribution in [0.1, 0.15) is 43.7 Å². The van der Waals surface area contributed by atoms with Crippen LogP contribution in [0.4, 0.5) is 0 Å². The molecule has 0 amide bonds. The van der Waals surface area contributed by atoms with E-state index in [-0.39, 0.29) is 5.97 Å². The molecule has 29 heavy (non-hydrogen) atoms. The Kier molecular flexibility index (Phi) is 9.24. The normalized spacial score (nSPS) is 10.8. The fraction of sp³-hybridized carbons (Fsp3) is 0.280. The molecule has 2 aromatic rings. The number of carbonyl (C=O) groups excluding carboxylic acids is 1. The van der Waals surface area contributed by atoms with E-state index >= 15 is 0 Å². The summed E-state index contributed by atoms with van der Waals surface area (Å²) in [6.45, 7) is 6.29. The first-order valence-corrected chi connectivity index (χ1v) is 9.83. The summed E-state index contributed by atoms with van der Waals surface area (Å²) in [6, 6.07) is 19.6. The maximum Gasteiger partial charge on any atom is 0.333 e. The monoisotopic (exact) mass is 389 g/mol. The average Bonchev–Trinajstić information content (AvgIpc) is 2.75. The van der Waals surface area contributed by atoms with E-state index in [2.05, 4.69) is 12.6 Å². The lowest BCUT2D eigenvalue weighted by molar-refractivity contribution is -0.139. The lowest BCUT2D eigenvalue weighted by Gasteiger charge is -2.07. The largest absolute Gasteiger partial charge is 0.494 e. The van der Waals surface area contributed by atoms with Crippen molar-refractivity contribution in [1.29, 1.82) is 5.26 Å². The van der Waals surface area contributed by atoms with Crippen molar-refractivity contribution < 1.29 is 14.3 Å². The van der Waals surface area contributed by atoms with E-state index in [0.717, 1.165) is 42.6 Å². The molecule has 0 heterocycles. The van der Waals surface area contributed by atoms with Gasteiger partial charge >= 0.3 is 5.97 Å². The minimum Gasteiger partial charge on any atom is -0.494 e. The van der Waals surface area contributed by atoms with Crippen LogP contribution in [0.25, 0.3) is 11.6 Å². The van der Waals surface area contributed by atoms with Crippen LogP contribution < -0.4 is 4.74 Å². The summed E-state index contributed by atoms with van der Waals surface area (Å²) < 4.78 is 10.8. The van der Waals surface area contributed by atoms with E-state index < -0.39 is 0 Å². The number of hydrogen-bond acceptors (Lipinski definition) is 4. The van der Waals surface area contributed by atoms with Crippen molar-refractivity contribution in [2.75, 3.05) is 13.2 Å². The molecule has 0 spiro atoms. The summed E-state index contributed by atoms with van der Waals surface area (Å²) in [5, 5.41) is 9.40. The number of hydrogen-bond donors (Lipinski definition) is 0. The number of ether oxygens (including phenoxy) is 2. The predicted molar refractivity (Wildman–Crippen MR) is 116 cm³/mol. The molecule has 0 aromatic heterocycles. The van der Waals surface area contributed by atoms with E-state index in [0.29, 0.717) is 24.4 Å². The lowest BCUT2D eigenvalue weighted by Crippen LogP contribution is -2.06. The van der Waals surface area contributed by atoms with Crippen LogP contribution in [0.3, 0.4) is 0 Å². The van der Waals surface area contributed by atoms with Crippen molar-refractivity contribution in [3.63, 3.8) is 0 Å². The van der Waals surface area contributed by atoms with Gasteiger partial charge in [-0.25, -0.2) is 4.79 Å². The molecule has 0 fully saturated rings. The Bertz CT molecular complexity index is 861. The van der Waals surface area contributed by atoms with Gasteiger partial charge in [-0.3, -0.25) is 0 Å². The van der Waals surface area contributed by atoms with Gasteiger partial charge in [-0.05, 0) is 61.9 Å². The van der Waals surface area contributed by atoms with Gasteiger partial charge in [0.05, 0.1) is 24.9 Å². The van der Waals surface area contributed by atoms with Gasteiger partial charge in [0, 0.05) is 5.57 Å². The molecule has 4 heteroatoms. The molecule has 0 aliphatic rings. The number of allylic oxidation sites excluding steroid dienone is 1. The Labute approximate surface area is 173 Å². The van der Waals surface area contributed by atoms with Crippen molar-refractivity contribution in [1.82, 2.24) is 0 Å². The van der Waals surface area contributed by atoms with Gasteiger partial charge in [0.15, 0.2) is 0 Å². The zero-order chi connectivity index (χ0) is 20.9. The predicted octanol–water partition coefficient (Wildman–Crippen LogP) is 5.81. The third kappa shape index (κ3) is 8.06. The van der Waals surface area contributed by atoms with E-state index in [1.54, 1.807) is 6.92 Å². The quantitative estimate of drug-likeness (QED) is 0.160. The van der Waals surface area contributed by atoms with Gasteiger partial charge in [0.1, 0.15) is 5.75 Å². The molecule has 0 aliphatic heterocycles. The molecule has 0 bridgehead atoms. The third-order valence-corrected chi connectivity index (χ3v) is 4.29. The molecule has 4 nitrogen and oxygen atoms in total. The van der Waals surface area contributed by atoms with Crippen molar-refractivity contribution in [2.45, 2.75) is 32.6 Å². The molecular weight excluding hydrogens is 362 g/mol. The van der Waals surface area contributed by atoms with Gasteiger partial charge < -0.3 is 9.47 Å². The van der Waals surface area contributed by atoms with Gasteiger partial charge in [-0.2, -0.15) is 5.26 Å². The highest BCUT2D eigenvalue weighted by molar-refractivity contribution is 5.89. The van der Waals surface area contributed by atoms with Crippen LogP contribution in [0.5, 0.6) is 5.75 Å². The Morgan fingerprint density at radius 3 is 2.28 bits per heavy atom. The zero-order valence-electron chi connectivity index (χ0n) is 16.9. The van der Waals surface area contributed by atoms with Crippen LogP contribution >= 0.6 is 0 Å². The Morgan fingerprint density at radius 2 is 1.66 bits per heavy atom. The molecule has 0 atom stereocenters. The van der Waals surface area contributed by atoms with E-state index in [4.69, 9.17) is 9.47 Å². The standard InChI is InChI=1S/C25H27NO3/c1-20(2)25(27)29-17-9-4-3-8-16-28-24-14-12-21(13-15-24)18-23(19-26)22-10-6-5-7-11-22/h5-7,10-15,18H,1,3-4,8-9,16-17H2,2H3/b23-18+. The third-order valence-electron chi connectivity index (χ3n) is 4.29. The zero-order valence-corrected chi connectivity index (χ0v) is 16.9. The summed E-state index contributed by atoms with van der Waals surface area (Å²) in [6.07, 6.45) is 5.69. The Hall–Kier alpha value is -3.32. The highest BCUT2D eigenvalue weighted by atomic mass is 16.5. The molecule has 2 aromatic carbocycles. The van der Waals surface area contributed by atoms with Crippen molar-refractivity contribution in [2.24, 2.45) is 0 Å². The first-order valence-electron chi connectivity index (χ1n) is 9.83. The second-order valence-corrected chi connectivity index (χ2v) is 6.78. The van der Waals surface area contributed by atoms with Gasteiger partial charge in [0.2, 0.25) is 0 Å². The number of carbonyl (C=O) groups is 1. The number of unbranched alkanes of at least 4 members (excludes halogenated alkanes) is 3. The number of esters is 1. The Balaban J connectivity index is 1.69. The number of nitriles is 1. The molecular formula is C25H27NO3. The molecule has 2 rings (SSSR count). The summed E-state index contributed by atoms with van der Waals surface area (Å²) >= 11 is 0. The Morgan fingerprint density at radius 1 is 1.00 bits per heavy atom. The molecule has 0 unspecified atom stereocenters. The van der Waals surface area contributed by atoms with E-state index in [9.17, 15) is 10.1 Å². The smallest absolute Gasteiger partial charge is 0.333 e. The summed E-state index contributed by atoms with van der Waals surface area (Å²) in [5.41, 5.74) is 2.93. The molecule has 0 saturated heterocycles. The highest BCUT2D eigenvalue weighted by Gasteiger charge is 2.02. The molecule has 0 saturated carbocycles. The van der Waals surface area contributed by atoms with Crippen LogP contribution in [-0.2, 0) is 9.53 Å². The van der Waals surface area contributed by atoms with Crippen LogP contribution in [0.2, 0.25) is 0 Å². The molecule has 150 valence electrons. The van der Waals surface area contributed by atoms with Gasteiger partial charge in [-0.1, -0.05) is 49.0 Å². The maximum atomic E-state index is 11.2. The average molecular weight is 389 g/mol. The van der Waals surface area contributed by atoms with Crippen molar-refractivity contribution in [3.05, 3.63) is 77.9 Å². The molecule has 0 radical (unpaired) electrons. The van der Waals surface area contributed by atoms with Gasteiger partial charge in [0.25, 0.3) is 0 Å². The fourth-order valence-electron chi connectivity index (χ4n) is 2.66. The minimum absolute atomic E-state index is 0.322. The van der Waals surface area contributed by atoms with Crippen LogP contribution in [0.15, 0.2) is 66.7 Å². The SMILES string of the molecule is C=C(C)C(=O)OCCCCCCOc1ccc(/C=C(\C#N)c2ccccc2)cc1. The van der Waals surface area contributed by atoms with Crippen molar-refractivity contribution >= 4 is 17.6 Å². The second kappa shape index (κ2) is 12.2. The summed E-state index contributed by atoms with van der Waals surface area (Å²) in [4.78, 5) is 11.2. The minimum atomic E-state index is -0.322. The topological polar surface area (TPSA) is 59.3 Å². The summed E-state index contributed by atoms with van der Waals surface area (Å²) in [5.74, 6) is 0.494. The molecule has 0 aliphatic carbocycles. The molecule has 0 N–H and O–H groups in total. The second-order valence-electron chi connectivity index (χ2n) is 6.78. The lowest BCUT2D eigenvalue weighted by atomic mass is 10.0. The summed E-state index contributed by atoms with van der Waals surface area (Å²) in [7, 11) is 0. The number of rotatable bonds is 11. The van der Waals surface area contributed by atoms with Crippen molar-refractivity contribution in [3.8, 4) is 11.8 Å². The number of benzene rings is 2. The highest BCUT2D eigenvalue weighted by Crippen LogP contribution is 2.19. The van der Waals surface area contributed by atoms with Crippen LogP contribution in [0, 0.1) is 11.3 Å². The fourth-order valence-corrected chi connectivity index (χ4v) is 2.66. The van der Waals surface area contributed by atoms with Gasteiger partial charge in [-0.15, -0.1) is 0 Å². The number of nitrogens with zero attached hydrogens (tertiary/aromatic N) is 1. The van der Waals surface area contributed by atoms with E-state index in [1.165, 1.54) is 0 Å². The van der Waals surface area contributed by atoms with Crippen LogP contribution in [-0.4, -0.2) is 19.2 Å². The first kappa shape index (κ1) is 22.0.